The number of aliphatic carboxylic acids is 1. The van der Waals surface area contributed by atoms with Gasteiger partial charge in [0.15, 0.2) is 0 Å². The molecule has 2 fully saturated rings. The van der Waals surface area contributed by atoms with Crippen LogP contribution in [0.25, 0.3) is 0 Å². The van der Waals surface area contributed by atoms with E-state index in [0.717, 1.165) is 0 Å². The lowest BCUT2D eigenvalue weighted by molar-refractivity contribution is -0.161. The summed E-state index contributed by atoms with van der Waals surface area (Å²) in [5.41, 5.74) is 1.11. The molecular weight excluding hydrogens is 444 g/mol. The van der Waals surface area contributed by atoms with Crippen molar-refractivity contribution in [2.24, 2.45) is 0 Å². The van der Waals surface area contributed by atoms with E-state index in [0.29, 0.717) is 11.3 Å². The number of benzene rings is 2. The van der Waals surface area contributed by atoms with Gasteiger partial charge in [-0.05, 0) is 31.5 Å². The molecule has 2 aliphatic heterocycles. The first kappa shape index (κ1) is 22.7. The summed E-state index contributed by atoms with van der Waals surface area (Å²) in [4.78, 5) is 51.5. The number of nitrogens with zero attached hydrogens (tertiary/aromatic N) is 1. The molecule has 2 saturated heterocycles. The van der Waals surface area contributed by atoms with Crippen molar-refractivity contribution in [3.8, 4) is 0 Å². The zero-order chi connectivity index (χ0) is 23.8. The van der Waals surface area contributed by atoms with Gasteiger partial charge < -0.3 is 26.0 Å². The van der Waals surface area contributed by atoms with Crippen LogP contribution in [0.15, 0.2) is 60.7 Å². The molecule has 0 saturated carbocycles. The van der Waals surface area contributed by atoms with Gasteiger partial charge in [0.1, 0.15) is 23.5 Å². The predicted octanol–water partition coefficient (Wildman–Crippen LogP) is 2.18. The SMILES string of the molecule is CC1(C)S[C@@H]2[C@H](NC(=O)C(NC(=O)Nc3ccccc3)c3ccccc3)C(=O)N2[C@H]1C(=O)O. The Morgan fingerprint density at radius 1 is 1.03 bits per heavy atom. The van der Waals surface area contributed by atoms with Crippen LogP contribution in [0.5, 0.6) is 0 Å². The topological polar surface area (TPSA) is 128 Å². The van der Waals surface area contributed by atoms with Gasteiger partial charge in [0.05, 0.1) is 0 Å². The van der Waals surface area contributed by atoms with E-state index in [9.17, 15) is 24.3 Å². The highest BCUT2D eigenvalue weighted by Crippen LogP contribution is 2.50. The molecule has 4 amide bonds. The molecule has 2 aromatic rings. The van der Waals surface area contributed by atoms with Crippen LogP contribution in [0.1, 0.15) is 25.5 Å². The highest BCUT2D eigenvalue weighted by molar-refractivity contribution is 8.01. The third kappa shape index (κ3) is 4.38. The van der Waals surface area contributed by atoms with Crippen LogP contribution in [-0.2, 0) is 14.4 Å². The summed E-state index contributed by atoms with van der Waals surface area (Å²) in [5, 5.41) is 17.1. The Kier molecular flexibility index (Phi) is 6.03. The Bertz CT molecular complexity index is 1080. The summed E-state index contributed by atoms with van der Waals surface area (Å²) >= 11 is 1.34. The van der Waals surface area contributed by atoms with Crippen molar-refractivity contribution in [1.82, 2.24) is 15.5 Å². The number of hydrogen-bond donors (Lipinski definition) is 4. The number of carboxylic acid groups (broad SMARTS) is 1. The third-order valence-electron chi connectivity index (χ3n) is 5.67. The zero-order valence-corrected chi connectivity index (χ0v) is 18.8. The maximum Gasteiger partial charge on any atom is 0.327 e. The first-order valence-electron chi connectivity index (χ1n) is 10.4. The predicted molar refractivity (Wildman–Crippen MR) is 123 cm³/mol. The van der Waals surface area contributed by atoms with Crippen molar-refractivity contribution in [1.29, 1.82) is 0 Å². The number of carboxylic acids is 1. The van der Waals surface area contributed by atoms with Gasteiger partial charge in [-0.2, -0.15) is 0 Å². The minimum absolute atomic E-state index is 0.445. The highest BCUT2D eigenvalue weighted by atomic mass is 32.2. The average Bonchev–Trinajstić information content (AvgIpc) is 3.05. The van der Waals surface area contributed by atoms with Crippen LogP contribution >= 0.6 is 11.8 Å². The van der Waals surface area contributed by atoms with Crippen LogP contribution in [0.4, 0.5) is 10.5 Å². The zero-order valence-electron chi connectivity index (χ0n) is 18.0. The first-order valence-corrected chi connectivity index (χ1v) is 11.3. The third-order valence-corrected chi connectivity index (χ3v) is 7.25. The van der Waals surface area contributed by atoms with Gasteiger partial charge in [-0.15, -0.1) is 11.8 Å². The quantitative estimate of drug-likeness (QED) is 0.481. The number of nitrogens with one attached hydrogen (secondary N) is 3. The number of anilines is 1. The fourth-order valence-corrected chi connectivity index (χ4v) is 5.77. The molecular formula is C23H24N4O5S. The molecule has 2 aliphatic rings. The van der Waals surface area contributed by atoms with Crippen molar-refractivity contribution in [3.05, 3.63) is 66.2 Å². The van der Waals surface area contributed by atoms with Crippen LogP contribution < -0.4 is 16.0 Å². The number of rotatable bonds is 6. The second-order valence-electron chi connectivity index (χ2n) is 8.39. The van der Waals surface area contributed by atoms with Crippen LogP contribution in [0.2, 0.25) is 0 Å². The van der Waals surface area contributed by atoms with Crippen molar-refractivity contribution >= 4 is 41.3 Å². The van der Waals surface area contributed by atoms with Gasteiger partial charge in [-0.1, -0.05) is 48.5 Å². The fourth-order valence-electron chi connectivity index (χ4n) is 4.15. The molecule has 172 valence electrons. The Hall–Kier alpha value is -3.53. The van der Waals surface area contributed by atoms with Crippen molar-refractivity contribution < 1.29 is 24.3 Å². The lowest BCUT2D eigenvalue weighted by atomic mass is 9.95. The molecule has 0 bridgehead atoms. The van der Waals surface area contributed by atoms with Gasteiger partial charge in [0.2, 0.25) is 11.8 Å². The second-order valence-corrected chi connectivity index (χ2v) is 10.2. The molecule has 4 atom stereocenters. The maximum absolute atomic E-state index is 13.2. The van der Waals surface area contributed by atoms with Gasteiger partial charge in [0, 0.05) is 10.4 Å². The molecule has 33 heavy (non-hydrogen) atoms. The van der Waals surface area contributed by atoms with Gasteiger partial charge in [-0.3, -0.25) is 9.59 Å². The molecule has 1 unspecified atom stereocenters. The number of β-lactam (4-membered cyclic amide) rings is 1. The number of carbonyl (C=O) groups excluding carboxylic acids is 3. The number of fused-ring (bicyclic) bond motifs is 1. The second kappa shape index (κ2) is 8.78. The van der Waals surface area contributed by atoms with E-state index in [1.807, 2.05) is 6.07 Å². The number of amides is 4. The Balaban J connectivity index is 1.49. The van der Waals surface area contributed by atoms with E-state index in [1.165, 1.54) is 16.7 Å². The summed E-state index contributed by atoms with van der Waals surface area (Å²) in [6, 6.07) is 14.0. The summed E-state index contributed by atoms with van der Waals surface area (Å²) in [6.45, 7) is 3.53. The fraction of sp³-hybridized carbons (Fsp3) is 0.304. The number of carbonyl (C=O) groups is 4. The van der Waals surface area contributed by atoms with Gasteiger partial charge in [0.25, 0.3) is 0 Å². The minimum Gasteiger partial charge on any atom is -0.480 e. The molecule has 0 aromatic heterocycles. The largest absolute Gasteiger partial charge is 0.480 e. The van der Waals surface area contributed by atoms with Crippen LogP contribution in [0, 0.1) is 0 Å². The molecule has 2 aromatic carbocycles. The van der Waals surface area contributed by atoms with E-state index in [4.69, 9.17) is 0 Å². The number of urea groups is 1. The maximum atomic E-state index is 13.2. The number of thioether (sulfide) groups is 1. The summed E-state index contributed by atoms with van der Waals surface area (Å²) in [7, 11) is 0. The molecule has 0 spiro atoms. The van der Waals surface area contributed by atoms with Gasteiger partial charge in [-0.25, -0.2) is 9.59 Å². The molecule has 10 heteroatoms. The lowest BCUT2D eigenvalue weighted by Gasteiger charge is -2.44. The standard InChI is InChI=1S/C23H24N4O5S/c1-23(2)17(21(30)31)27-19(29)16(20(27)33-23)25-18(28)15(13-9-5-3-6-10-13)26-22(32)24-14-11-7-4-8-12-14/h3-12,15-17,20H,1-2H3,(H,25,28)(H,30,31)(H2,24,26,32)/t15?,16-,17+,20-/m1/s1. The van der Waals surface area contributed by atoms with E-state index in [1.54, 1.807) is 68.4 Å². The van der Waals surface area contributed by atoms with Crippen molar-refractivity contribution in [2.75, 3.05) is 5.32 Å². The highest BCUT2D eigenvalue weighted by Gasteiger charge is 2.64. The molecule has 0 aliphatic carbocycles. The van der Waals surface area contributed by atoms with Crippen LogP contribution in [-0.4, -0.2) is 56.0 Å². The minimum atomic E-state index is -1.07. The van der Waals surface area contributed by atoms with Crippen molar-refractivity contribution in [3.63, 3.8) is 0 Å². The molecule has 0 radical (unpaired) electrons. The van der Waals surface area contributed by atoms with E-state index >= 15 is 0 Å². The Labute approximate surface area is 194 Å². The average molecular weight is 469 g/mol. The number of hydrogen-bond acceptors (Lipinski definition) is 5. The summed E-state index contributed by atoms with van der Waals surface area (Å²) in [5.74, 6) is -2.08. The summed E-state index contributed by atoms with van der Waals surface area (Å²) < 4.78 is -0.696. The first-order chi connectivity index (χ1) is 15.7. The normalized spacial score (nSPS) is 23.6. The van der Waals surface area contributed by atoms with Crippen LogP contribution in [0.3, 0.4) is 0 Å². The Morgan fingerprint density at radius 2 is 1.64 bits per heavy atom. The monoisotopic (exact) mass is 468 g/mol. The summed E-state index contributed by atoms with van der Waals surface area (Å²) in [6.07, 6.45) is 0. The van der Waals surface area contributed by atoms with Crippen molar-refractivity contribution in [2.45, 2.75) is 42.1 Å². The Morgan fingerprint density at radius 3 is 2.24 bits per heavy atom. The number of para-hydroxylation sites is 1. The van der Waals surface area contributed by atoms with E-state index in [2.05, 4.69) is 16.0 Å². The smallest absolute Gasteiger partial charge is 0.327 e. The lowest BCUT2D eigenvalue weighted by Crippen LogP contribution is -2.71. The molecule has 4 N–H and O–H groups in total. The molecule has 2 heterocycles. The van der Waals surface area contributed by atoms with E-state index in [-0.39, 0.29) is 0 Å². The molecule has 4 rings (SSSR count). The molecule has 9 nitrogen and oxygen atoms in total. The van der Waals surface area contributed by atoms with Gasteiger partial charge >= 0.3 is 12.0 Å². The van der Waals surface area contributed by atoms with E-state index < -0.39 is 52.1 Å².